The van der Waals surface area contributed by atoms with Crippen molar-refractivity contribution in [2.24, 2.45) is 0 Å². The van der Waals surface area contributed by atoms with Gasteiger partial charge in [-0.05, 0) is 6.42 Å². The Morgan fingerprint density at radius 2 is 1.84 bits per heavy atom. The van der Waals surface area contributed by atoms with Crippen LogP contribution in [0.3, 0.4) is 0 Å². The Morgan fingerprint density at radius 3 is 2.32 bits per heavy atom. The van der Waals surface area contributed by atoms with Gasteiger partial charge in [0.25, 0.3) is 0 Å². The van der Waals surface area contributed by atoms with Crippen molar-refractivity contribution in [2.75, 3.05) is 18.8 Å². The number of carbonyl (C=O) groups is 2. The quantitative estimate of drug-likeness (QED) is 0.627. The minimum atomic E-state index is -1.02. The Labute approximate surface area is 115 Å². The number of β-amino-alcohol motifs (C(OH)–C–C–N with tert-alkyl or cyclic N) is 2. The van der Waals surface area contributed by atoms with Gasteiger partial charge in [-0.2, -0.15) is 0 Å². The number of aliphatic hydroxyl groups is 2. The van der Waals surface area contributed by atoms with Crippen LogP contribution in [0, 0.1) is 0 Å². The maximum Gasteiger partial charge on any atom is 0.327 e. The van der Waals surface area contributed by atoms with Gasteiger partial charge in [0.15, 0.2) is 0 Å². The predicted molar refractivity (Wildman–Crippen MR) is 68.8 cm³/mol. The Morgan fingerprint density at radius 1 is 1.26 bits per heavy atom. The number of urea groups is 1. The lowest BCUT2D eigenvalue weighted by molar-refractivity contribution is -0.141. The molecule has 2 rings (SSSR count). The summed E-state index contributed by atoms with van der Waals surface area (Å²) in [6.07, 6.45) is -1.25. The van der Waals surface area contributed by atoms with E-state index in [0.717, 1.165) is 0 Å². The number of carboxylic acids is 1. The smallest absolute Gasteiger partial charge is 0.327 e. The third-order valence-electron chi connectivity index (χ3n) is 3.48. The topological polar surface area (TPSA) is 101 Å². The minimum Gasteiger partial charge on any atom is -0.480 e. The maximum atomic E-state index is 12.4. The molecular formula is C11H18N2O5S. The van der Waals surface area contributed by atoms with Crippen LogP contribution >= 0.6 is 11.8 Å². The third-order valence-corrected chi connectivity index (χ3v) is 4.93. The normalized spacial score (nSPS) is 34.9. The molecule has 2 amide bonds. The number of thioether (sulfide) groups is 1. The summed E-state index contributed by atoms with van der Waals surface area (Å²) in [6, 6.07) is -1.25. The van der Waals surface area contributed by atoms with Gasteiger partial charge in [-0.25, -0.2) is 9.59 Å². The van der Waals surface area contributed by atoms with E-state index in [-0.39, 0.29) is 18.5 Å². The van der Waals surface area contributed by atoms with Crippen LogP contribution in [0.15, 0.2) is 0 Å². The van der Waals surface area contributed by atoms with E-state index in [1.54, 1.807) is 0 Å². The molecular weight excluding hydrogens is 272 g/mol. The van der Waals surface area contributed by atoms with E-state index in [4.69, 9.17) is 5.11 Å². The summed E-state index contributed by atoms with van der Waals surface area (Å²) in [5, 5.41) is 28.0. The number of nitrogens with zero attached hydrogens (tertiary/aromatic N) is 2. The second-order valence-corrected chi connectivity index (χ2v) is 5.99. The second-order valence-electron chi connectivity index (χ2n) is 4.78. The molecule has 0 saturated carbocycles. The van der Waals surface area contributed by atoms with Crippen LogP contribution in [0.4, 0.5) is 4.79 Å². The number of aliphatic hydroxyl groups excluding tert-OH is 2. The van der Waals surface area contributed by atoms with Crippen LogP contribution in [0.1, 0.15) is 13.3 Å². The van der Waals surface area contributed by atoms with Crippen molar-refractivity contribution in [3.05, 3.63) is 0 Å². The highest BCUT2D eigenvalue weighted by molar-refractivity contribution is 8.00. The fourth-order valence-corrected chi connectivity index (χ4v) is 3.75. The Balaban J connectivity index is 2.13. The number of hydrogen-bond acceptors (Lipinski definition) is 5. The van der Waals surface area contributed by atoms with Gasteiger partial charge in [-0.15, -0.1) is 11.8 Å². The van der Waals surface area contributed by atoms with Crippen LogP contribution in [-0.4, -0.2) is 79.6 Å². The molecule has 2 fully saturated rings. The molecule has 0 aliphatic carbocycles. The van der Waals surface area contributed by atoms with Crippen molar-refractivity contribution < 1.29 is 24.9 Å². The van der Waals surface area contributed by atoms with E-state index < -0.39 is 30.3 Å². The van der Waals surface area contributed by atoms with Gasteiger partial charge in [-0.3, -0.25) is 4.90 Å². The first-order chi connectivity index (χ1) is 8.95. The van der Waals surface area contributed by atoms with Crippen molar-refractivity contribution in [3.8, 4) is 0 Å². The first-order valence-corrected chi connectivity index (χ1v) is 7.28. The average Bonchev–Trinajstić information content (AvgIpc) is 2.93. The zero-order valence-corrected chi connectivity index (χ0v) is 11.4. The second kappa shape index (κ2) is 5.56. The van der Waals surface area contributed by atoms with Crippen LogP contribution in [-0.2, 0) is 4.79 Å². The van der Waals surface area contributed by atoms with Crippen LogP contribution in [0.5, 0.6) is 0 Å². The van der Waals surface area contributed by atoms with Gasteiger partial charge < -0.3 is 20.2 Å². The predicted octanol–water partition coefficient (Wildman–Crippen LogP) is -0.618. The highest BCUT2D eigenvalue weighted by Crippen LogP contribution is 2.32. The fourth-order valence-electron chi connectivity index (χ4n) is 2.41. The number of hydrogen-bond donors (Lipinski definition) is 3. The van der Waals surface area contributed by atoms with Gasteiger partial charge in [0.05, 0.1) is 30.7 Å². The number of aliphatic carboxylic acids is 1. The highest BCUT2D eigenvalue weighted by Gasteiger charge is 2.44. The molecule has 0 spiro atoms. The van der Waals surface area contributed by atoms with Crippen LogP contribution in [0.25, 0.3) is 0 Å². The largest absolute Gasteiger partial charge is 0.480 e. The lowest BCUT2D eigenvalue weighted by Gasteiger charge is -2.30. The molecule has 2 aliphatic rings. The van der Waals surface area contributed by atoms with E-state index >= 15 is 0 Å². The molecule has 8 heteroatoms. The van der Waals surface area contributed by atoms with E-state index in [1.807, 2.05) is 6.92 Å². The zero-order chi connectivity index (χ0) is 14.2. The molecule has 2 heterocycles. The van der Waals surface area contributed by atoms with E-state index in [0.29, 0.717) is 12.2 Å². The Bertz CT molecular complexity index is 370. The van der Waals surface area contributed by atoms with Crippen molar-refractivity contribution >= 4 is 23.8 Å². The molecule has 0 bridgehead atoms. The average molecular weight is 290 g/mol. The van der Waals surface area contributed by atoms with Gasteiger partial charge in [-0.1, -0.05) is 6.92 Å². The Hall–Kier alpha value is -0.990. The fraction of sp³-hybridized carbons (Fsp3) is 0.818. The molecule has 0 radical (unpaired) electrons. The highest BCUT2D eigenvalue weighted by atomic mass is 32.2. The van der Waals surface area contributed by atoms with Gasteiger partial charge in [0.2, 0.25) is 0 Å². The van der Waals surface area contributed by atoms with Crippen LogP contribution < -0.4 is 0 Å². The van der Waals surface area contributed by atoms with E-state index in [1.165, 1.54) is 21.6 Å². The summed E-state index contributed by atoms with van der Waals surface area (Å²) in [6.45, 7) is 1.99. The number of carbonyl (C=O) groups excluding carboxylic acids is 1. The zero-order valence-electron chi connectivity index (χ0n) is 10.6. The maximum absolute atomic E-state index is 12.4. The molecule has 0 aromatic rings. The molecule has 7 nitrogen and oxygen atoms in total. The van der Waals surface area contributed by atoms with E-state index in [9.17, 15) is 19.8 Å². The monoisotopic (exact) mass is 290 g/mol. The summed E-state index contributed by atoms with van der Waals surface area (Å²) in [7, 11) is 0. The molecule has 19 heavy (non-hydrogen) atoms. The summed E-state index contributed by atoms with van der Waals surface area (Å²) in [5.41, 5.74) is 0. The van der Waals surface area contributed by atoms with Crippen molar-refractivity contribution in [1.82, 2.24) is 9.80 Å². The van der Waals surface area contributed by atoms with Crippen molar-refractivity contribution in [1.29, 1.82) is 0 Å². The summed E-state index contributed by atoms with van der Waals surface area (Å²) < 4.78 is 0. The molecule has 0 aromatic heterocycles. The number of likely N-dealkylation sites (tertiary alicyclic amines) is 1. The first kappa shape index (κ1) is 14.4. The molecule has 3 N–H and O–H groups in total. The first-order valence-electron chi connectivity index (χ1n) is 6.23. The van der Waals surface area contributed by atoms with E-state index in [2.05, 4.69) is 0 Å². The van der Waals surface area contributed by atoms with Crippen molar-refractivity contribution in [3.63, 3.8) is 0 Å². The van der Waals surface area contributed by atoms with Gasteiger partial charge in [0, 0.05) is 5.75 Å². The lowest BCUT2D eigenvalue weighted by atomic mass is 10.2. The molecule has 0 aromatic carbocycles. The van der Waals surface area contributed by atoms with Crippen molar-refractivity contribution in [2.45, 2.75) is 37.0 Å². The number of rotatable bonds is 2. The van der Waals surface area contributed by atoms with Crippen LogP contribution in [0.2, 0.25) is 0 Å². The van der Waals surface area contributed by atoms with Gasteiger partial charge in [0.1, 0.15) is 6.04 Å². The number of amides is 2. The number of carboxylic acid groups (broad SMARTS) is 1. The lowest BCUT2D eigenvalue weighted by Crippen LogP contribution is -2.51. The third kappa shape index (κ3) is 2.65. The summed E-state index contributed by atoms with van der Waals surface area (Å²) >= 11 is 1.45. The minimum absolute atomic E-state index is 0.0456. The Kier molecular flexibility index (Phi) is 4.22. The molecule has 2 saturated heterocycles. The molecule has 4 atom stereocenters. The SMILES string of the molecule is CCC1SCC(C(=O)O)N1C(=O)N1CC(O)C(O)C1. The molecule has 2 aliphatic heterocycles. The summed E-state index contributed by atoms with van der Waals surface area (Å²) in [4.78, 5) is 26.3. The summed E-state index contributed by atoms with van der Waals surface area (Å²) in [5.74, 6) is -0.643. The van der Waals surface area contributed by atoms with Gasteiger partial charge >= 0.3 is 12.0 Å². The standard InChI is InChI=1S/C11H18N2O5S/c1-2-9-13(6(5-19-9)10(16)17)11(18)12-3-7(14)8(15)4-12/h6-9,14-15H,2-5H2,1H3,(H,16,17). The molecule has 108 valence electrons. The molecule has 4 unspecified atom stereocenters.